The summed E-state index contributed by atoms with van der Waals surface area (Å²) in [4.78, 5) is 4.08. The van der Waals surface area contributed by atoms with Gasteiger partial charge in [0.15, 0.2) is 0 Å². The monoisotopic (exact) mass is 186 g/mol. The van der Waals surface area contributed by atoms with Crippen LogP contribution in [0.2, 0.25) is 0 Å². The highest BCUT2D eigenvalue weighted by Crippen LogP contribution is 2.25. The molecule has 1 fully saturated rings. The van der Waals surface area contributed by atoms with Gasteiger partial charge in [-0.15, -0.1) is 11.3 Å². The Bertz CT molecular complexity index is 242. The number of hydrogen-bond acceptors (Lipinski definition) is 3. The molecule has 1 N–H and O–H groups in total. The van der Waals surface area contributed by atoms with Crippen molar-refractivity contribution in [2.24, 2.45) is 0 Å². The molecule has 66 valence electrons. The molecule has 4 heteroatoms. The fourth-order valence-corrected chi connectivity index (χ4v) is 2.22. The summed E-state index contributed by atoms with van der Waals surface area (Å²) in [6.45, 7) is 1.27. The zero-order valence-corrected chi connectivity index (χ0v) is 7.53. The fraction of sp³-hybridized carbons (Fsp3) is 0.625. The van der Waals surface area contributed by atoms with E-state index in [1.165, 1.54) is 11.3 Å². The van der Waals surface area contributed by atoms with Gasteiger partial charge < -0.3 is 5.32 Å². The van der Waals surface area contributed by atoms with E-state index in [-0.39, 0.29) is 0 Å². The van der Waals surface area contributed by atoms with Crippen molar-refractivity contribution in [3.63, 3.8) is 0 Å². The molecule has 1 atom stereocenters. The van der Waals surface area contributed by atoms with Crippen molar-refractivity contribution in [2.75, 3.05) is 13.1 Å². The lowest BCUT2D eigenvalue weighted by Gasteiger charge is -2.15. The molecule has 1 unspecified atom stereocenters. The molecule has 12 heavy (non-hydrogen) atoms. The Morgan fingerprint density at radius 2 is 2.67 bits per heavy atom. The molecular formula is C8H11FN2S. The minimum absolute atomic E-state index is 0.470. The zero-order valence-electron chi connectivity index (χ0n) is 6.72. The molecule has 0 amide bonds. The first kappa shape index (κ1) is 8.13. The molecule has 1 aromatic rings. The Morgan fingerprint density at radius 3 is 3.25 bits per heavy atom. The molecule has 2 heterocycles. The van der Waals surface area contributed by atoms with Crippen molar-refractivity contribution in [3.8, 4) is 0 Å². The van der Waals surface area contributed by atoms with Gasteiger partial charge in [0.25, 0.3) is 0 Å². The van der Waals surface area contributed by atoms with Gasteiger partial charge in [0, 0.05) is 24.5 Å². The molecule has 1 saturated heterocycles. The van der Waals surface area contributed by atoms with Crippen LogP contribution in [0.1, 0.15) is 11.4 Å². The topological polar surface area (TPSA) is 24.9 Å². The summed E-state index contributed by atoms with van der Waals surface area (Å²) in [5, 5.41) is 5.82. The van der Waals surface area contributed by atoms with Gasteiger partial charge in [-0.25, -0.2) is 9.37 Å². The van der Waals surface area contributed by atoms with Gasteiger partial charge in [0.1, 0.15) is 5.67 Å². The van der Waals surface area contributed by atoms with Gasteiger partial charge in [-0.05, 0) is 13.0 Å². The summed E-state index contributed by atoms with van der Waals surface area (Å²) in [7, 11) is 0. The first-order valence-corrected chi connectivity index (χ1v) is 4.94. The van der Waals surface area contributed by atoms with Crippen molar-refractivity contribution >= 4 is 11.3 Å². The lowest BCUT2D eigenvalue weighted by Crippen LogP contribution is -2.28. The predicted octanol–water partition coefficient (Wildman–Crippen LogP) is 1.39. The van der Waals surface area contributed by atoms with E-state index in [2.05, 4.69) is 10.3 Å². The van der Waals surface area contributed by atoms with Crippen LogP contribution in [0.5, 0.6) is 0 Å². The minimum Gasteiger partial charge on any atom is -0.313 e. The molecule has 0 radical (unpaired) electrons. The molecule has 0 saturated carbocycles. The molecule has 2 nitrogen and oxygen atoms in total. The number of nitrogens with zero attached hydrogens (tertiary/aromatic N) is 1. The zero-order chi connectivity index (χ0) is 8.44. The third-order valence-electron chi connectivity index (χ3n) is 2.14. The van der Waals surface area contributed by atoms with Crippen LogP contribution in [0.4, 0.5) is 4.39 Å². The Morgan fingerprint density at radius 1 is 1.75 bits per heavy atom. The van der Waals surface area contributed by atoms with Crippen LogP contribution in [-0.2, 0) is 6.42 Å². The quantitative estimate of drug-likeness (QED) is 0.755. The molecule has 2 rings (SSSR count). The number of thiazole rings is 1. The first-order valence-electron chi connectivity index (χ1n) is 4.07. The van der Waals surface area contributed by atoms with E-state index in [0.717, 1.165) is 11.6 Å². The van der Waals surface area contributed by atoms with E-state index in [9.17, 15) is 4.39 Å². The van der Waals surface area contributed by atoms with Crippen molar-refractivity contribution in [3.05, 3.63) is 16.6 Å². The van der Waals surface area contributed by atoms with Gasteiger partial charge in [-0.2, -0.15) is 0 Å². The third-order valence-corrected chi connectivity index (χ3v) is 2.92. The number of halogens is 1. The summed E-state index contributed by atoms with van der Waals surface area (Å²) in [5.41, 5.74) is -1.04. The Labute approximate surface area is 74.8 Å². The minimum atomic E-state index is -1.04. The average Bonchev–Trinajstić information content (AvgIpc) is 2.62. The maximum absolute atomic E-state index is 13.8. The van der Waals surface area contributed by atoms with E-state index in [4.69, 9.17) is 0 Å². The molecule has 0 aromatic carbocycles. The molecule has 0 bridgehead atoms. The summed E-state index contributed by atoms with van der Waals surface area (Å²) in [6, 6.07) is 0. The second-order valence-corrected chi connectivity index (χ2v) is 4.16. The molecule has 1 aliphatic rings. The highest BCUT2D eigenvalue weighted by Gasteiger charge is 2.34. The third kappa shape index (κ3) is 1.64. The Balaban J connectivity index is 2.02. The van der Waals surface area contributed by atoms with E-state index >= 15 is 0 Å². The first-order chi connectivity index (χ1) is 5.79. The normalized spacial score (nSPS) is 29.4. The van der Waals surface area contributed by atoms with Crippen LogP contribution in [0, 0.1) is 0 Å². The highest BCUT2D eigenvalue weighted by atomic mass is 32.1. The van der Waals surface area contributed by atoms with E-state index in [1.807, 2.05) is 5.38 Å². The molecule has 1 aromatic heterocycles. The van der Waals surface area contributed by atoms with Crippen LogP contribution in [0.15, 0.2) is 11.6 Å². The van der Waals surface area contributed by atoms with Crippen molar-refractivity contribution in [2.45, 2.75) is 18.5 Å². The van der Waals surface area contributed by atoms with Crippen LogP contribution in [0.3, 0.4) is 0 Å². The molecule has 0 spiro atoms. The van der Waals surface area contributed by atoms with Gasteiger partial charge >= 0.3 is 0 Å². The molecular weight excluding hydrogens is 175 g/mol. The lowest BCUT2D eigenvalue weighted by atomic mass is 10.0. The van der Waals surface area contributed by atoms with Gasteiger partial charge in [0.05, 0.1) is 5.01 Å². The number of nitrogens with one attached hydrogen (secondary N) is 1. The Kier molecular flexibility index (Phi) is 2.11. The lowest BCUT2D eigenvalue weighted by molar-refractivity contribution is 0.190. The number of alkyl halides is 1. The second kappa shape index (κ2) is 3.11. The summed E-state index contributed by atoms with van der Waals surface area (Å²) < 4.78 is 13.8. The van der Waals surface area contributed by atoms with E-state index < -0.39 is 5.67 Å². The molecule has 1 aliphatic heterocycles. The van der Waals surface area contributed by atoms with Crippen molar-refractivity contribution < 1.29 is 4.39 Å². The summed E-state index contributed by atoms with van der Waals surface area (Å²) in [5.74, 6) is 0. The average molecular weight is 186 g/mol. The Hall–Kier alpha value is -0.480. The molecule has 0 aliphatic carbocycles. The second-order valence-electron chi connectivity index (χ2n) is 3.18. The fourth-order valence-electron chi connectivity index (χ4n) is 1.48. The van der Waals surface area contributed by atoms with Crippen LogP contribution in [0.25, 0.3) is 0 Å². The number of rotatable bonds is 2. The predicted molar refractivity (Wildman–Crippen MR) is 47.1 cm³/mol. The summed E-state index contributed by atoms with van der Waals surface area (Å²) >= 11 is 1.53. The number of hydrogen-bond donors (Lipinski definition) is 1. The van der Waals surface area contributed by atoms with Crippen LogP contribution >= 0.6 is 11.3 Å². The van der Waals surface area contributed by atoms with Crippen molar-refractivity contribution in [1.82, 2.24) is 10.3 Å². The maximum Gasteiger partial charge on any atom is 0.130 e. The van der Waals surface area contributed by atoms with Crippen LogP contribution < -0.4 is 5.32 Å². The van der Waals surface area contributed by atoms with Gasteiger partial charge in [-0.3, -0.25) is 0 Å². The largest absolute Gasteiger partial charge is 0.313 e. The number of aromatic nitrogens is 1. The van der Waals surface area contributed by atoms with E-state index in [1.54, 1.807) is 6.20 Å². The summed E-state index contributed by atoms with van der Waals surface area (Å²) in [6.07, 6.45) is 2.82. The SMILES string of the molecule is FC1(Cc2nccs2)CCNC1. The van der Waals surface area contributed by atoms with Crippen LogP contribution in [-0.4, -0.2) is 23.7 Å². The highest BCUT2D eigenvalue weighted by molar-refractivity contribution is 7.09. The van der Waals surface area contributed by atoms with Gasteiger partial charge in [0.2, 0.25) is 0 Å². The standard InChI is InChI=1S/C8H11FN2S/c9-8(1-2-10-6-8)5-7-11-3-4-12-7/h3-4,10H,1-2,5-6H2. The van der Waals surface area contributed by atoms with E-state index in [0.29, 0.717) is 19.4 Å². The van der Waals surface area contributed by atoms with Crippen molar-refractivity contribution in [1.29, 1.82) is 0 Å². The van der Waals surface area contributed by atoms with Gasteiger partial charge in [-0.1, -0.05) is 0 Å². The smallest absolute Gasteiger partial charge is 0.130 e. The maximum atomic E-state index is 13.8.